The van der Waals surface area contributed by atoms with Crippen LogP contribution in [-0.2, 0) is 20.0 Å². The van der Waals surface area contributed by atoms with Crippen LogP contribution in [0.25, 0.3) is 0 Å². The fourth-order valence-corrected chi connectivity index (χ4v) is 5.74. The fourth-order valence-electron chi connectivity index (χ4n) is 3.32. The number of hydrogen-bond acceptors (Lipinski definition) is 7. The van der Waals surface area contributed by atoms with Crippen molar-refractivity contribution in [2.24, 2.45) is 0 Å². The lowest BCUT2D eigenvalue weighted by atomic mass is 10.3. The van der Waals surface area contributed by atoms with Crippen molar-refractivity contribution < 1.29 is 39.8 Å². The summed E-state index contributed by atoms with van der Waals surface area (Å²) in [5, 5.41) is 0. The van der Waals surface area contributed by atoms with Gasteiger partial charge >= 0.3 is 0 Å². The first kappa shape index (κ1) is 29.0. The second-order valence-electron chi connectivity index (χ2n) is 7.95. The van der Waals surface area contributed by atoms with Gasteiger partial charge in [-0.3, -0.25) is 9.44 Å². The molecule has 0 spiro atoms. The number of hydrogen-bond donors (Lipinski definition) is 2. The Labute approximate surface area is 220 Å². The normalized spacial score (nSPS) is 11.6. The van der Waals surface area contributed by atoms with E-state index in [0.29, 0.717) is 12.8 Å². The SMILES string of the molecule is CCCOc1c(F)cccc1NS(=O)(=O)c1ccc(OC)c(S(=O)(=O)Nc2cccc(F)c2OCCC)c1. The number of para-hydroxylation sites is 2. The third-order valence-electron chi connectivity index (χ3n) is 5.06. The number of sulfonamides is 2. The van der Waals surface area contributed by atoms with Crippen molar-refractivity contribution in [3.63, 3.8) is 0 Å². The molecule has 3 rings (SSSR count). The molecule has 0 aromatic heterocycles. The van der Waals surface area contributed by atoms with Crippen molar-refractivity contribution in [3.05, 3.63) is 66.2 Å². The fraction of sp³-hybridized carbons (Fsp3) is 0.280. The van der Waals surface area contributed by atoms with Crippen molar-refractivity contribution >= 4 is 31.4 Å². The zero-order chi connectivity index (χ0) is 27.9. The van der Waals surface area contributed by atoms with Gasteiger partial charge in [-0.15, -0.1) is 0 Å². The topological polar surface area (TPSA) is 120 Å². The number of rotatable bonds is 13. The maximum atomic E-state index is 14.4. The molecule has 0 amide bonds. The molecule has 0 saturated carbocycles. The van der Waals surface area contributed by atoms with E-state index in [-0.39, 0.29) is 41.8 Å². The third kappa shape index (κ3) is 6.64. The van der Waals surface area contributed by atoms with Crippen LogP contribution in [-0.4, -0.2) is 37.2 Å². The van der Waals surface area contributed by atoms with Gasteiger partial charge in [-0.1, -0.05) is 26.0 Å². The first-order valence-electron chi connectivity index (χ1n) is 11.6. The highest BCUT2D eigenvalue weighted by molar-refractivity contribution is 7.93. The smallest absolute Gasteiger partial charge is 0.265 e. The predicted octanol–water partition coefficient (Wildman–Crippen LogP) is 5.15. The Balaban J connectivity index is 2.01. The largest absolute Gasteiger partial charge is 0.495 e. The van der Waals surface area contributed by atoms with Gasteiger partial charge in [0.1, 0.15) is 10.6 Å². The molecule has 2 N–H and O–H groups in total. The summed E-state index contributed by atoms with van der Waals surface area (Å²) in [6.07, 6.45) is 1.11. The maximum Gasteiger partial charge on any atom is 0.265 e. The Morgan fingerprint density at radius 3 is 1.71 bits per heavy atom. The minimum absolute atomic E-state index is 0.141. The van der Waals surface area contributed by atoms with E-state index in [4.69, 9.17) is 14.2 Å². The van der Waals surface area contributed by atoms with E-state index >= 15 is 0 Å². The highest BCUT2D eigenvalue weighted by Crippen LogP contribution is 2.35. The molecular weight excluding hydrogens is 542 g/mol. The van der Waals surface area contributed by atoms with Gasteiger partial charge in [0.25, 0.3) is 20.0 Å². The summed E-state index contributed by atoms with van der Waals surface area (Å²) in [6.45, 7) is 3.90. The van der Waals surface area contributed by atoms with Gasteiger partial charge in [0.15, 0.2) is 23.1 Å². The Kier molecular flexibility index (Phi) is 9.39. The lowest BCUT2D eigenvalue weighted by Gasteiger charge is -2.17. The summed E-state index contributed by atoms with van der Waals surface area (Å²) >= 11 is 0. The molecule has 206 valence electrons. The second-order valence-corrected chi connectivity index (χ2v) is 11.3. The first-order valence-corrected chi connectivity index (χ1v) is 14.6. The van der Waals surface area contributed by atoms with Crippen LogP contribution in [0.15, 0.2) is 64.4 Å². The van der Waals surface area contributed by atoms with E-state index < -0.39 is 41.5 Å². The summed E-state index contributed by atoms with van der Waals surface area (Å²) in [7, 11) is -7.70. The molecular formula is C25H28F2N2O7S2. The summed E-state index contributed by atoms with van der Waals surface area (Å²) in [5.41, 5.74) is -0.335. The van der Waals surface area contributed by atoms with Crippen LogP contribution in [0.4, 0.5) is 20.2 Å². The van der Waals surface area contributed by atoms with Crippen LogP contribution in [0.5, 0.6) is 17.2 Å². The molecule has 0 aliphatic heterocycles. The van der Waals surface area contributed by atoms with E-state index in [9.17, 15) is 25.6 Å². The van der Waals surface area contributed by atoms with E-state index in [1.54, 1.807) is 13.8 Å². The molecule has 0 saturated heterocycles. The average molecular weight is 571 g/mol. The second kappa shape index (κ2) is 12.3. The van der Waals surface area contributed by atoms with Crippen LogP contribution in [0, 0.1) is 11.6 Å². The van der Waals surface area contributed by atoms with Crippen LogP contribution < -0.4 is 23.7 Å². The van der Waals surface area contributed by atoms with Crippen molar-refractivity contribution in [2.75, 3.05) is 29.8 Å². The predicted molar refractivity (Wildman–Crippen MR) is 139 cm³/mol. The molecule has 13 heteroatoms. The van der Waals surface area contributed by atoms with Crippen LogP contribution in [0.3, 0.4) is 0 Å². The van der Waals surface area contributed by atoms with Crippen molar-refractivity contribution in [2.45, 2.75) is 36.5 Å². The van der Waals surface area contributed by atoms with Gasteiger partial charge in [0, 0.05) is 0 Å². The molecule has 0 radical (unpaired) electrons. The molecule has 3 aromatic carbocycles. The minimum Gasteiger partial charge on any atom is -0.495 e. The Morgan fingerprint density at radius 2 is 1.24 bits per heavy atom. The number of methoxy groups -OCH3 is 1. The number of anilines is 2. The molecule has 9 nitrogen and oxygen atoms in total. The van der Waals surface area contributed by atoms with Gasteiger partial charge in [-0.2, -0.15) is 0 Å². The van der Waals surface area contributed by atoms with Gasteiger partial charge in [-0.05, 0) is 55.3 Å². The number of ether oxygens (including phenoxy) is 3. The first-order chi connectivity index (χ1) is 18.0. The molecule has 0 unspecified atom stereocenters. The highest BCUT2D eigenvalue weighted by Gasteiger charge is 2.27. The van der Waals surface area contributed by atoms with Gasteiger partial charge in [0.05, 0.1) is 36.6 Å². The number of nitrogens with one attached hydrogen (secondary N) is 2. The number of halogens is 2. The molecule has 0 heterocycles. The molecule has 3 aromatic rings. The Hall–Kier alpha value is -3.58. The zero-order valence-corrected chi connectivity index (χ0v) is 22.6. The average Bonchev–Trinajstić information content (AvgIpc) is 2.87. The lowest BCUT2D eigenvalue weighted by Crippen LogP contribution is -2.18. The van der Waals surface area contributed by atoms with Gasteiger partial charge in [0.2, 0.25) is 0 Å². The summed E-state index contributed by atoms with van der Waals surface area (Å²) in [6, 6.07) is 10.6. The van der Waals surface area contributed by atoms with E-state index in [0.717, 1.165) is 30.3 Å². The highest BCUT2D eigenvalue weighted by atomic mass is 32.2. The quantitative estimate of drug-likeness (QED) is 0.292. The summed E-state index contributed by atoms with van der Waals surface area (Å²) < 4.78 is 102. The van der Waals surface area contributed by atoms with Crippen LogP contribution in [0.2, 0.25) is 0 Å². The molecule has 0 fully saturated rings. The molecule has 0 aliphatic carbocycles. The summed E-state index contributed by atoms with van der Waals surface area (Å²) in [5.74, 6) is -2.29. The molecule has 0 atom stereocenters. The number of benzene rings is 3. The van der Waals surface area contributed by atoms with Crippen molar-refractivity contribution in [3.8, 4) is 17.2 Å². The van der Waals surface area contributed by atoms with Gasteiger partial charge in [-0.25, -0.2) is 25.6 Å². The maximum absolute atomic E-state index is 14.4. The Morgan fingerprint density at radius 1 is 0.737 bits per heavy atom. The van der Waals surface area contributed by atoms with E-state index in [2.05, 4.69) is 9.44 Å². The summed E-state index contributed by atoms with van der Waals surface area (Å²) in [4.78, 5) is -0.985. The van der Waals surface area contributed by atoms with E-state index in [1.807, 2.05) is 0 Å². The molecule has 38 heavy (non-hydrogen) atoms. The van der Waals surface area contributed by atoms with Crippen LogP contribution >= 0.6 is 0 Å². The molecule has 0 bridgehead atoms. The van der Waals surface area contributed by atoms with Crippen molar-refractivity contribution in [1.82, 2.24) is 0 Å². The minimum atomic E-state index is -4.50. The van der Waals surface area contributed by atoms with Gasteiger partial charge < -0.3 is 14.2 Å². The Bertz CT molecular complexity index is 1500. The van der Waals surface area contributed by atoms with Crippen molar-refractivity contribution in [1.29, 1.82) is 0 Å². The third-order valence-corrected chi connectivity index (χ3v) is 7.81. The van der Waals surface area contributed by atoms with Crippen LogP contribution in [0.1, 0.15) is 26.7 Å². The van der Waals surface area contributed by atoms with E-state index in [1.165, 1.54) is 31.4 Å². The monoisotopic (exact) mass is 570 g/mol. The molecule has 0 aliphatic rings. The lowest BCUT2D eigenvalue weighted by molar-refractivity contribution is 0.303. The standard InChI is InChI=1S/C25H28F2N2O7S2/c1-4-14-35-24-18(26)8-6-10-20(24)28-37(30,31)17-12-13-22(34-3)23(16-17)38(32,33)29-21-11-7-9-19(27)25(21)36-15-5-2/h6-13,16,28-29H,4-5,14-15H2,1-3H3. The zero-order valence-electron chi connectivity index (χ0n) is 21.0.